The number of hydrogen-bond donors (Lipinski definition) is 0. The molecule has 0 atom stereocenters. The molecule has 0 saturated carbocycles. The number of nitro benzene ring substituents is 2. The van der Waals surface area contributed by atoms with Gasteiger partial charge in [0.25, 0.3) is 11.4 Å². The zero-order valence-electron chi connectivity index (χ0n) is 23.4. The Morgan fingerprint density at radius 1 is 0.605 bits per heavy atom. The number of carbonyl (C=O) groups is 1. The zero-order valence-corrected chi connectivity index (χ0v) is 26.5. The topological polar surface area (TPSA) is 103 Å². The fourth-order valence-corrected chi connectivity index (χ4v) is 10.7. The van der Waals surface area contributed by atoms with Crippen LogP contribution < -0.4 is 15.9 Å². The summed E-state index contributed by atoms with van der Waals surface area (Å²) in [5.74, 6) is 0. The predicted octanol–water partition coefficient (Wildman–Crippen LogP) is 8.14. The van der Waals surface area contributed by atoms with Gasteiger partial charge in [-0.3, -0.25) is 25.0 Å². The zero-order chi connectivity index (χ0) is 31.3. The third kappa shape index (κ3) is 8.28. The van der Waals surface area contributed by atoms with Crippen LogP contribution >= 0.6 is 26.3 Å². The van der Waals surface area contributed by atoms with Gasteiger partial charge in [-0.25, -0.2) is 0 Å². The van der Waals surface area contributed by atoms with E-state index in [0.717, 1.165) is 5.56 Å². The molecule has 0 aromatic heterocycles. The van der Waals surface area contributed by atoms with Gasteiger partial charge in [0.1, 0.15) is 6.29 Å². The Hall–Kier alpha value is -4.53. The van der Waals surface area contributed by atoms with Crippen molar-refractivity contribution in [2.45, 2.75) is 0 Å². The summed E-state index contributed by atoms with van der Waals surface area (Å²) in [6.45, 7) is 5.95. The van der Waals surface area contributed by atoms with Gasteiger partial charge >= 0.3 is 140 Å². The summed E-state index contributed by atoms with van der Waals surface area (Å²) in [4.78, 5) is 29.6. The first-order chi connectivity index (χ1) is 20.6. The molecule has 9 heteroatoms. The number of carbonyl (C=O) groups excluding carboxylic acids is 1. The van der Waals surface area contributed by atoms with Crippen LogP contribution in [-0.4, -0.2) is 22.8 Å². The summed E-state index contributed by atoms with van der Waals surface area (Å²) in [7, 11) is 0. The Morgan fingerprint density at radius 3 is 1.28 bits per heavy atom. The summed E-state index contributed by atoms with van der Waals surface area (Å²) >= 11 is 2.74. The van der Waals surface area contributed by atoms with Gasteiger partial charge < -0.3 is 0 Å². The minimum atomic E-state index is -2.40. The first kappa shape index (κ1) is 33.0. The van der Waals surface area contributed by atoms with Crippen molar-refractivity contribution in [2.75, 3.05) is 6.66 Å². The van der Waals surface area contributed by atoms with Crippen LogP contribution in [0.25, 0.3) is 6.08 Å². The first-order valence-corrected chi connectivity index (χ1v) is 18.5. The van der Waals surface area contributed by atoms with Crippen LogP contribution in [0, 0.1) is 20.2 Å². The van der Waals surface area contributed by atoms with Crippen LogP contribution in [0.3, 0.4) is 0 Å². The van der Waals surface area contributed by atoms with Crippen LogP contribution in [0.2, 0.25) is 0 Å². The second-order valence-corrected chi connectivity index (χ2v) is 21.1. The van der Waals surface area contributed by atoms with Gasteiger partial charge in [0.15, 0.2) is 0 Å². The number of halogens is 1. The van der Waals surface area contributed by atoms with E-state index < -0.39 is 14.1 Å². The van der Waals surface area contributed by atoms with Gasteiger partial charge in [0, 0.05) is 29.8 Å². The van der Waals surface area contributed by atoms with Crippen molar-refractivity contribution in [1.29, 1.82) is 0 Å². The molecule has 5 aromatic carbocycles. The Balaban J connectivity index is 0.000000195. The minimum Gasteiger partial charge on any atom is -0.298 e. The summed E-state index contributed by atoms with van der Waals surface area (Å²) in [5, 5.41) is 24.7. The van der Waals surface area contributed by atoms with Crippen LogP contribution in [0.4, 0.5) is 11.4 Å². The largest absolute Gasteiger partial charge is 0.298 e. The van der Waals surface area contributed by atoms with E-state index in [0.29, 0.717) is 11.8 Å². The Bertz CT molecular complexity index is 1530. The van der Waals surface area contributed by atoms with Gasteiger partial charge in [-0.05, 0) is 5.56 Å². The molecule has 0 heterocycles. The molecule has 0 radical (unpaired) electrons. The molecule has 0 fully saturated rings. The molecular weight excluding hydrogens is 674 g/mol. The van der Waals surface area contributed by atoms with E-state index in [9.17, 15) is 25.0 Å². The fourth-order valence-electron chi connectivity index (χ4n) is 4.27. The molecule has 0 spiro atoms. The second-order valence-electron chi connectivity index (χ2n) is 9.46. The van der Waals surface area contributed by atoms with Gasteiger partial charge in [-0.2, -0.15) is 0 Å². The van der Waals surface area contributed by atoms with Crippen molar-refractivity contribution in [3.63, 3.8) is 0 Å². The molecule has 0 aliphatic carbocycles. The molecule has 43 heavy (non-hydrogen) atoms. The first-order valence-electron chi connectivity index (χ1n) is 13.1. The summed E-state index contributed by atoms with van der Waals surface area (Å²) in [6.07, 6.45) is 2.15. The molecule has 0 bridgehead atoms. The van der Waals surface area contributed by atoms with Crippen molar-refractivity contribution in [3.05, 3.63) is 177 Å². The second kappa shape index (κ2) is 15.1. The SMILES string of the molecule is C=Cc1cccc([N+](=O)[O-])c1.CP(I)(c1ccccc1)(c1ccccc1)c1ccccc1.O=Cc1cccc([N+](=O)[O-])c1. The van der Waals surface area contributed by atoms with Gasteiger partial charge in [-0.1, -0.05) is 36.9 Å². The number of rotatable bonds is 7. The number of nitro groups is 2. The van der Waals surface area contributed by atoms with Crippen molar-refractivity contribution in [2.24, 2.45) is 0 Å². The third-order valence-electron chi connectivity index (χ3n) is 6.64. The number of benzene rings is 5. The minimum absolute atomic E-state index is 0.0606. The monoisotopic (exact) mass is 704 g/mol. The molecule has 5 rings (SSSR count). The smallest absolute Gasteiger partial charge is 0.270 e. The average molecular weight is 705 g/mol. The van der Waals surface area contributed by atoms with Gasteiger partial charge in [-0.15, -0.1) is 0 Å². The summed E-state index contributed by atoms with van der Waals surface area (Å²) in [5.41, 5.74) is 1.12. The van der Waals surface area contributed by atoms with Crippen molar-refractivity contribution < 1.29 is 14.6 Å². The van der Waals surface area contributed by atoms with Gasteiger partial charge in [0.05, 0.1) is 9.85 Å². The molecule has 0 aliphatic heterocycles. The number of nitrogens with zero attached hydrogens (tertiary/aromatic N) is 2. The van der Waals surface area contributed by atoms with Crippen LogP contribution in [-0.2, 0) is 0 Å². The Labute approximate surface area is 263 Å². The average Bonchev–Trinajstić information content (AvgIpc) is 3.06. The predicted molar refractivity (Wildman–Crippen MR) is 187 cm³/mol. The van der Waals surface area contributed by atoms with Crippen molar-refractivity contribution in [1.82, 2.24) is 0 Å². The van der Waals surface area contributed by atoms with Crippen molar-refractivity contribution >= 4 is 65.9 Å². The van der Waals surface area contributed by atoms with E-state index in [1.165, 1.54) is 52.3 Å². The molecule has 0 amide bonds. The van der Waals surface area contributed by atoms with E-state index in [4.69, 9.17) is 0 Å². The molecule has 0 unspecified atom stereocenters. The Kier molecular flexibility index (Phi) is 11.6. The van der Waals surface area contributed by atoms with E-state index in [1.54, 1.807) is 18.2 Å². The number of hydrogen-bond acceptors (Lipinski definition) is 5. The molecule has 0 N–H and O–H groups in total. The molecule has 0 aliphatic rings. The van der Waals surface area contributed by atoms with Crippen LogP contribution in [0.1, 0.15) is 15.9 Å². The normalized spacial score (nSPS) is 11.2. The maximum absolute atomic E-state index is 10.2. The van der Waals surface area contributed by atoms with Gasteiger partial charge in [0.2, 0.25) is 0 Å². The standard InChI is InChI=1S/C19H18IP.C8H7NO2.C7H5NO3/c1-21(20,17-11-5-2-6-12-17,18-13-7-3-8-14-18)19-15-9-4-10-16-19;1-2-7-4-3-5-8(6-7)9(10)11;9-5-6-2-1-3-7(4-6)8(10)11/h2-16H,1H3;2-6H,1H2;1-5H. The van der Waals surface area contributed by atoms with Crippen molar-refractivity contribution in [3.8, 4) is 0 Å². The van der Waals surface area contributed by atoms with Crippen LogP contribution in [0.15, 0.2) is 146 Å². The fraction of sp³-hybridized carbons (Fsp3) is 0.0294. The number of non-ortho nitro benzene ring substituents is 2. The summed E-state index contributed by atoms with van der Waals surface area (Å²) < 4.78 is -2.40. The maximum atomic E-state index is 10.2. The van der Waals surface area contributed by atoms with E-state index in [2.05, 4.69) is 126 Å². The molecular formula is C34H30IN2O5P. The molecule has 7 nitrogen and oxygen atoms in total. The molecule has 218 valence electrons. The molecule has 5 aromatic rings. The maximum Gasteiger partial charge on any atom is 0.270 e. The third-order valence-corrected chi connectivity index (χ3v) is 16.2. The number of aldehydes is 1. The summed E-state index contributed by atoms with van der Waals surface area (Å²) in [6, 6.07) is 44.6. The van der Waals surface area contributed by atoms with E-state index >= 15 is 0 Å². The molecule has 0 saturated heterocycles. The quantitative estimate of drug-likeness (QED) is 0.0560. The van der Waals surface area contributed by atoms with E-state index in [1.807, 2.05) is 0 Å². The Morgan fingerprint density at radius 2 is 0.953 bits per heavy atom. The van der Waals surface area contributed by atoms with E-state index in [-0.39, 0.29) is 11.4 Å². The van der Waals surface area contributed by atoms with Crippen LogP contribution in [0.5, 0.6) is 0 Å².